The molecule has 0 saturated heterocycles. The Hall–Kier alpha value is -0.480. The lowest BCUT2D eigenvalue weighted by Gasteiger charge is -2.19. The minimum Gasteiger partial charge on any atom is -0.365 e. The van der Waals surface area contributed by atoms with Crippen LogP contribution in [0.4, 0.5) is 0 Å². The third-order valence-electron chi connectivity index (χ3n) is 3.01. The summed E-state index contributed by atoms with van der Waals surface area (Å²) in [6.07, 6.45) is 0. The molecule has 2 unspecified atom stereocenters. The van der Waals surface area contributed by atoms with E-state index < -0.39 is 26.2 Å². The van der Waals surface area contributed by atoms with Crippen LogP contribution in [0, 0.1) is 3.57 Å². The molecular weight excluding hydrogens is 481 g/mol. The number of hydrogen-bond acceptors (Lipinski definition) is 3. The van der Waals surface area contributed by atoms with Crippen molar-refractivity contribution in [3.63, 3.8) is 0 Å². The van der Waals surface area contributed by atoms with E-state index in [1.807, 2.05) is 31.2 Å². The molecule has 2 rings (SSSR count). The molecule has 2 aromatic rings. The van der Waals surface area contributed by atoms with Crippen LogP contribution in [0.25, 0.3) is 0 Å². The Kier molecular flexibility index (Phi) is 7.67. The van der Waals surface area contributed by atoms with Crippen LogP contribution in [-0.4, -0.2) is 26.3 Å². The Morgan fingerprint density at radius 1 is 1.17 bits per heavy atom. The first-order chi connectivity index (χ1) is 11.5. The highest BCUT2D eigenvalue weighted by Crippen LogP contribution is 2.25. The predicted octanol–water partition coefficient (Wildman–Crippen LogP) is 4.44. The van der Waals surface area contributed by atoms with Crippen molar-refractivity contribution in [2.24, 2.45) is 3.77 Å². The molecule has 0 radical (unpaired) electrons. The van der Waals surface area contributed by atoms with Crippen LogP contribution in [0.15, 0.2) is 68.2 Å². The van der Waals surface area contributed by atoms with Gasteiger partial charge in [0.15, 0.2) is 0 Å². The Bertz CT molecular complexity index is 813. The summed E-state index contributed by atoms with van der Waals surface area (Å²) in [5.41, 5.74) is -0.494. The average molecular weight is 498 g/mol. The molecule has 0 saturated carbocycles. The van der Waals surface area contributed by atoms with E-state index in [1.165, 1.54) is 12.1 Å². The fraction of sp³-hybridized carbons (Fsp3) is 0.250. The molecule has 4 nitrogen and oxygen atoms in total. The highest BCUT2D eigenvalue weighted by Gasteiger charge is 2.22. The summed E-state index contributed by atoms with van der Waals surface area (Å²) in [7, 11) is -4.83. The SMILES string of the molecule is CCOC(CCl)/S(=N\S(=O)(=O)c1ccccc1)c1ccccc1I. The molecule has 24 heavy (non-hydrogen) atoms. The molecular formula is C16H17ClINO3S2. The zero-order valence-electron chi connectivity index (χ0n) is 12.9. The second kappa shape index (κ2) is 9.28. The number of ether oxygens (including phenoxy) is 1. The second-order valence-corrected chi connectivity index (χ2v) is 9.73. The molecule has 0 heterocycles. The summed E-state index contributed by atoms with van der Waals surface area (Å²) in [5.74, 6) is 0.162. The summed E-state index contributed by atoms with van der Waals surface area (Å²) in [6.45, 7) is 2.29. The highest BCUT2D eigenvalue weighted by molar-refractivity contribution is 14.1. The zero-order chi connectivity index (χ0) is 17.6. The van der Waals surface area contributed by atoms with Crippen molar-refractivity contribution in [1.82, 2.24) is 0 Å². The van der Waals surface area contributed by atoms with Crippen molar-refractivity contribution in [2.45, 2.75) is 22.2 Å². The molecule has 0 aliphatic carbocycles. The predicted molar refractivity (Wildman–Crippen MR) is 107 cm³/mol. The second-order valence-electron chi connectivity index (χ2n) is 4.65. The molecule has 2 aromatic carbocycles. The van der Waals surface area contributed by atoms with Gasteiger partial charge in [-0.1, -0.05) is 30.3 Å². The molecule has 0 aliphatic heterocycles. The van der Waals surface area contributed by atoms with E-state index >= 15 is 0 Å². The largest absolute Gasteiger partial charge is 0.365 e. The van der Waals surface area contributed by atoms with Gasteiger partial charge in [0, 0.05) is 15.1 Å². The molecule has 0 fully saturated rings. The lowest BCUT2D eigenvalue weighted by Crippen LogP contribution is -2.23. The Morgan fingerprint density at radius 3 is 2.38 bits per heavy atom. The van der Waals surface area contributed by atoms with Crippen molar-refractivity contribution in [3.8, 4) is 0 Å². The van der Waals surface area contributed by atoms with E-state index in [4.69, 9.17) is 16.3 Å². The molecule has 0 spiro atoms. The van der Waals surface area contributed by atoms with Crippen LogP contribution < -0.4 is 0 Å². The molecule has 130 valence electrons. The van der Waals surface area contributed by atoms with Crippen LogP contribution in [0.5, 0.6) is 0 Å². The van der Waals surface area contributed by atoms with E-state index in [0.717, 1.165) is 8.47 Å². The minimum atomic E-state index is -3.80. The lowest BCUT2D eigenvalue weighted by molar-refractivity contribution is 0.137. The summed E-state index contributed by atoms with van der Waals surface area (Å²) < 4.78 is 36.2. The van der Waals surface area contributed by atoms with Crippen LogP contribution in [0.2, 0.25) is 0 Å². The highest BCUT2D eigenvalue weighted by atomic mass is 127. The first-order valence-corrected chi connectivity index (χ1v) is 11.5. The number of alkyl halides is 1. The molecule has 0 aliphatic rings. The topological polar surface area (TPSA) is 55.7 Å². The number of hydrogen-bond donors (Lipinski definition) is 0. The minimum absolute atomic E-state index is 0.162. The number of nitrogens with zero attached hydrogens (tertiary/aromatic N) is 1. The van der Waals surface area contributed by atoms with E-state index in [-0.39, 0.29) is 10.8 Å². The van der Waals surface area contributed by atoms with E-state index in [0.29, 0.717) is 6.61 Å². The van der Waals surface area contributed by atoms with Crippen molar-refractivity contribution in [2.75, 3.05) is 12.5 Å². The maximum atomic E-state index is 12.7. The van der Waals surface area contributed by atoms with Gasteiger partial charge in [-0.15, -0.1) is 15.4 Å². The smallest absolute Gasteiger partial charge is 0.288 e. The van der Waals surface area contributed by atoms with E-state index in [2.05, 4.69) is 26.4 Å². The van der Waals surface area contributed by atoms with Gasteiger partial charge in [-0.25, -0.2) is 0 Å². The first kappa shape index (κ1) is 19.8. The van der Waals surface area contributed by atoms with Gasteiger partial charge in [0.25, 0.3) is 10.0 Å². The summed E-state index contributed by atoms with van der Waals surface area (Å²) in [4.78, 5) is 0.981. The molecule has 0 N–H and O–H groups in total. The van der Waals surface area contributed by atoms with Gasteiger partial charge in [-0.05, 0) is 64.5 Å². The van der Waals surface area contributed by atoms with Gasteiger partial charge < -0.3 is 4.74 Å². The van der Waals surface area contributed by atoms with Gasteiger partial charge in [-0.2, -0.15) is 8.42 Å². The Morgan fingerprint density at radius 2 is 1.79 bits per heavy atom. The van der Waals surface area contributed by atoms with Gasteiger partial charge in [0.05, 0.1) is 10.8 Å². The molecule has 2 atom stereocenters. The van der Waals surface area contributed by atoms with Gasteiger partial charge in [0.2, 0.25) is 0 Å². The van der Waals surface area contributed by atoms with Gasteiger partial charge in [-0.3, -0.25) is 0 Å². The maximum Gasteiger partial charge on any atom is 0.288 e. The van der Waals surface area contributed by atoms with Crippen LogP contribution in [0.1, 0.15) is 6.92 Å². The Labute approximate surface area is 163 Å². The number of halogens is 2. The zero-order valence-corrected chi connectivity index (χ0v) is 17.5. The molecule has 0 amide bonds. The van der Waals surface area contributed by atoms with E-state index in [9.17, 15) is 8.42 Å². The number of benzene rings is 2. The lowest BCUT2D eigenvalue weighted by atomic mass is 10.4. The normalized spacial score (nSPS) is 14.5. The van der Waals surface area contributed by atoms with Gasteiger partial charge >= 0.3 is 0 Å². The molecule has 0 bridgehead atoms. The average Bonchev–Trinajstić information content (AvgIpc) is 2.59. The van der Waals surface area contributed by atoms with Crippen molar-refractivity contribution >= 4 is 54.9 Å². The first-order valence-electron chi connectivity index (χ1n) is 7.18. The fourth-order valence-corrected chi connectivity index (χ4v) is 7.00. The third-order valence-corrected chi connectivity index (χ3v) is 8.68. The van der Waals surface area contributed by atoms with E-state index in [1.54, 1.807) is 18.2 Å². The summed E-state index contributed by atoms with van der Waals surface area (Å²) in [5, 5.41) is 0. The third kappa shape index (κ3) is 5.01. The standard InChI is InChI=1S/C16H17ClINO3S2/c1-2-22-16(12-17)23(15-11-7-6-10-14(15)18)19-24(20,21)13-8-4-3-5-9-13/h3-11,16H,2,12H2,1H3. The number of sulfonamides is 1. The summed E-state index contributed by atoms with van der Waals surface area (Å²) >= 11 is 8.22. The van der Waals surface area contributed by atoms with Gasteiger partial charge in [0.1, 0.15) is 5.44 Å². The maximum absolute atomic E-state index is 12.7. The van der Waals surface area contributed by atoms with Crippen molar-refractivity contribution < 1.29 is 13.2 Å². The van der Waals surface area contributed by atoms with Crippen LogP contribution in [0.3, 0.4) is 0 Å². The molecule has 0 aromatic heterocycles. The number of rotatable bonds is 7. The van der Waals surface area contributed by atoms with Crippen LogP contribution in [-0.2, 0) is 25.5 Å². The Balaban J connectivity index is 2.60. The van der Waals surface area contributed by atoms with Crippen molar-refractivity contribution in [3.05, 3.63) is 58.2 Å². The van der Waals surface area contributed by atoms with Crippen LogP contribution >= 0.6 is 34.2 Å². The monoisotopic (exact) mass is 497 g/mol. The molecule has 8 heteroatoms. The van der Waals surface area contributed by atoms with Crippen molar-refractivity contribution in [1.29, 1.82) is 0 Å². The fourth-order valence-electron chi connectivity index (χ4n) is 1.94. The summed E-state index contributed by atoms with van der Waals surface area (Å²) in [6, 6.07) is 15.7. The quantitative estimate of drug-likeness (QED) is 0.420.